The fraction of sp³-hybridized carbons (Fsp3) is 1.00. The third-order valence-corrected chi connectivity index (χ3v) is 2.12. The van der Waals surface area contributed by atoms with Crippen LogP contribution in [0.4, 0.5) is 0 Å². The van der Waals surface area contributed by atoms with Gasteiger partial charge in [0, 0.05) is 5.75 Å². The van der Waals surface area contributed by atoms with Crippen LogP contribution in [-0.2, 0) is 0 Å². The number of likely N-dealkylation sites (N-methyl/N-ethyl adjacent to an activating group) is 1. The zero-order valence-electron chi connectivity index (χ0n) is 5.80. The second-order valence-electron chi connectivity index (χ2n) is 1.99. The lowest BCUT2D eigenvalue weighted by molar-refractivity contribution is 0.0221. The van der Waals surface area contributed by atoms with E-state index in [4.69, 9.17) is 10.2 Å². The monoisotopic (exact) mass is 183 g/mol. The Bertz CT molecular complexity index is 83.7. The van der Waals surface area contributed by atoms with Gasteiger partial charge in [-0.05, 0) is 7.05 Å². The summed E-state index contributed by atoms with van der Waals surface area (Å²) in [4.78, 5) is 1.54. The minimum atomic E-state index is -0.641. The molecule has 0 saturated heterocycles. The van der Waals surface area contributed by atoms with Gasteiger partial charge in [0.15, 0.2) is 0 Å². The third-order valence-electron chi connectivity index (χ3n) is 1.27. The van der Waals surface area contributed by atoms with Crippen LogP contribution in [0, 0.1) is 0 Å². The van der Waals surface area contributed by atoms with Crippen LogP contribution in [0.2, 0.25) is 0 Å². The molecule has 0 saturated carbocycles. The lowest BCUT2D eigenvalue weighted by Gasteiger charge is -2.26. The lowest BCUT2D eigenvalue weighted by Crippen LogP contribution is -2.40. The van der Waals surface area contributed by atoms with Crippen molar-refractivity contribution in [3.8, 4) is 0 Å². The molecular weight excluding hydrogens is 170 g/mol. The van der Waals surface area contributed by atoms with Crippen molar-refractivity contribution >= 4 is 25.3 Å². The van der Waals surface area contributed by atoms with Crippen molar-refractivity contribution < 1.29 is 10.2 Å². The van der Waals surface area contributed by atoms with Gasteiger partial charge in [-0.25, -0.2) is 0 Å². The average Bonchev–Trinajstić information content (AvgIpc) is 2.00. The molecule has 0 radical (unpaired) electrons. The summed E-state index contributed by atoms with van der Waals surface area (Å²) in [7, 11) is 1.68. The first-order valence-corrected chi connectivity index (χ1v) is 4.08. The van der Waals surface area contributed by atoms with E-state index in [2.05, 4.69) is 25.3 Å². The summed E-state index contributed by atoms with van der Waals surface area (Å²) in [5.41, 5.74) is 0. The number of thiol groups is 2. The first-order chi connectivity index (χ1) is 4.63. The number of nitrogens with zero attached hydrogens (tertiary/aromatic N) is 1. The number of aliphatic hydroxyl groups excluding tert-OH is 2. The molecule has 5 heteroatoms. The molecule has 0 fully saturated rings. The summed E-state index contributed by atoms with van der Waals surface area (Å²) < 4.78 is 0. The third kappa shape index (κ3) is 3.12. The fourth-order valence-electron chi connectivity index (χ4n) is 0.456. The number of hydrogen-bond donors (Lipinski definition) is 4. The molecule has 10 heavy (non-hydrogen) atoms. The van der Waals surface area contributed by atoms with Gasteiger partial charge in [0.05, 0.1) is 12.0 Å². The minimum absolute atomic E-state index is 0.0789. The predicted octanol–water partition coefficient (Wildman–Crippen LogP) is -0.585. The van der Waals surface area contributed by atoms with Crippen molar-refractivity contribution in [1.29, 1.82) is 0 Å². The van der Waals surface area contributed by atoms with Gasteiger partial charge < -0.3 is 10.2 Å². The predicted molar refractivity (Wildman–Crippen MR) is 47.5 cm³/mol. The van der Waals surface area contributed by atoms with Crippen LogP contribution in [-0.4, -0.2) is 46.1 Å². The Morgan fingerprint density at radius 2 is 2.10 bits per heavy atom. The Hall–Kier alpha value is 0.580. The molecule has 0 spiro atoms. The first kappa shape index (κ1) is 10.6. The normalized spacial score (nSPS) is 17.4. The lowest BCUT2D eigenvalue weighted by atomic mass is 10.5. The van der Waals surface area contributed by atoms with Crippen molar-refractivity contribution in [2.75, 3.05) is 19.4 Å². The number of rotatable bonds is 4. The smallest absolute Gasteiger partial charge is 0.116 e. The van der Waals surface area contributed by atoms with Crippen molar-refractivity contribution in [3.63, 3.8) is 0 Å². The van der Waals surface area contributed by atoms with Crippen LogP contribution >= 0.6 is 25.3 Å². The maximum absolute atomic E-state index is 9.12. The average molecular weight is 183 g/mol. The van der Waals surface area contributed by atoms with E-state index >= 15 is 0 Å². The Labute approximate surface area is 71.9 Å². The van der Waals surface area contributed by atoms with Crippen molar-refractivity contribution in [2.45, 2.75) is 11.6 Å². The van der Waals surface area contributed by atoms with Crippen LogP contribution in [0.5, 0.6) is 0 Å². The molecule has 0 aromatic heterocycles. The van der Waals surface area contributed by atoms with E-state index in [1.165, 1.54) is 4.90 Å². The second-order valence-corrected chi connectivity index (χ2v) is 2.95. The first-order valence-electron chi connectivity index (χ1n) is 2.93. The molecule has 0 heterocycles. The zero-order valence-corrected chi connectivity index (χ0v) is 7.59. The van der Waals surface area contributed by atoms with E-state index in [0.29, 0.717) is 5.75 Å². The zero-order chi connectivity index (χ0) is 8.15. The quantitative estimate of drug-likeness (QED) is 0.348. The second kappa shape index (κ2) is 5.26. The van der Waals surface area contributed by atoms with Gasteiger partial charge >= 0.3 is 0 Å². The summed E-state index contributed by atoms with van der Waals surface area (Å²) in [6.45, 7) is -0.0789. The highest BCUT2D eigenvalue weighted by Gasteiger charge is 2.14. The summed E-state index contributed by atoms with van der Waals surface area (Å²) >= 11 is 7.88. The molecule has 2 N–H and O–H groups in total. The highest BCUT2D eigenvalue weighted by molar-refractivity contribution is 7.81. The fourth-order valence-corrected chi connectivity index (χ4v) is 0.868. The maximum atomic E-state index is 9.12. The van der Waals surface area contributed by atoms with Gasteiger partial charge in [0.25, 0.3) is 0 Å². The molecule has 2 atom stereocenters. The Balaban J connectivity index is 3.69. The molecule has 3 nitrogen and oxygen atoms in total. The molecule has 0 aromatic rings. The molecule has 0 aliphatic rings. The van der Waals surface area contributed by atoms with E-state index in [1.54, 1.807) is 7.05 Å². The summed E-state index contributed by atoms with van der Waals surface area (Å²) in [6.07, 6.45) is -0.641. The summed E-state index contributed by atoms with van der Waals surface area (Å²) in [6, 6.07) is 0. The van der Waals surface area contributed by atoms with E-state index in [0.717, 1.165) is 0 Å². The van der Waals surface area contributed by atoms with Gasteiger partial charge in [0.1, 0.15) is 6.23 Å². The minimum Gasteiger partial charge on any atom is -0.394 e. The van der Waals surface area contributed by atoms with Gasteiger partial charge in [-0.15, -0.1) is 0 Å². The van der Waals surface area contributed by atoms with Crippen LogP contribution in [0.25, 0.3) is 0 Å². The molecule has 0 aromatic carbocycles. The van der Waals surface area contributed by atoms with E-state index in [-0.39, 0.29) is 12.0 Å². The molecule has 0 bridgehead atoms. The molecule has 0 aliphatic carbocycles. The molecule has 0 amide bonds. The molecule has 62 valence electrons. The molecule has 0 aliphatic heterocycles. The Kier molecular flexibility index (Phi) is 5.56. The van der Waals surface area contributed by atoms with Crippen molar-refractivity contribution in [2.24, 2.45) is 0 Å². The van der Waals surface area contributed by atoms with Gasteiger partial charge in [-0.2, -0.15) is 25.3 Å². The molecule has 2 unspecified atom stereocenters. The topological polar surface area (TPSA) is 43.7 Å². The van der Waals surface area contributed by atoms with E-state index < -0.39 is 6.23 Å². The van der Waals surface area contributed by atoms with Crippen LogP contribution in [0.3, 0.4) is 0 Å². The van der Waals surface area contributed by atoms with Gasteiger partial charge in [-0.1, -0.05) is 0 Å². The maximum Gasteiger partial charge on any atom is 0.116 e. The van der Waals surface area contributed by atoms with Crippen LogP contribution < -0.4 is 0 Å². The summed E-state index contributed by atoms with van der Waals surface area (Å²) in [5.74, 6) is 0.341. The van der Waals surface area contributed by atoms with Gasteiger partial charge in [0.2, 0.25) is 0 Å². The highest BCUT2D eigenvalue weighted by Crippen LogP contribution is 2.04. The standard InChI is InChI=1S/C5H13NO2S2/c1-6(4(8)3-9)5(10)2-7/h4-5,7-10H,2-3H2,1H3. The van der Waals surface area contributed by atoms with Crippen LogP contribution in [0.15, 0.2) is 0 Å². The van der Waals surface area contributed by atoms with Crippen molar-refractivity contribution in [1.82, 2.24) is 4.90 Å². The number of aliphatic hydroxyl groups is 2. The SMILES string of the molecule is CN(C(O)CS)C(S)CO. The summed E-state index contributed by atoms with van der Waals surface area (Å²) in [5, 5.41) is 17.4. The molecular formula is C5H13NO2S2. The Morgan fingerprint density at radius 3 is 2.40 bits per heavy atom. The van der Waals surface area contributed by atoms with E-state index in [1.807, 2.05) is 0 Å². The van der Waals surface area contributed by atoms with E-state index in [9.17, 15) is 0 Å². The molecule has 0 rings (SSSR count). The number of hydrogen-bond acceptors (Lipinski definition) is 5. The largest absolute Gasteiger partial charge is 0.394 e. The Morgan fingerprint density at radius 1 is 1.60 bits per heavy atom. The van der Waals surface area contributed by atoms with Crippen molar-refractivity contribution in [3.05, 3.63) is 0 Å². The van der Waals surface area contributed by atoms with Crippen LogP contribution in [0.1, 0.15) is 0 Å². The van der Waals surface area contributed by atoms with Gasteiger partial charge in [-0.3, -0.25) is 4.90 Å². The highest BCUT2D eigenvalue weighted by atomic mass is 32.1.